The molecular formula is C21H27Cl2NO2S. The first-order chi connectivity index (χ1) is 12.4. The summed E-state index contributed by atoms with van der Waals surface area (Å²) in [6, 6.07) is 8.70. The molecule has 0 aromatic heterocycles. The highest BCUT2D eigenvalue weighted by Crippen LogP contribution is 2.36. The number of benzene rings is 2. The Morgan fingerprint density at radius 2 is 1.19 bits per heavy atom. The molecule has 0 bridgehead atoms. The molecule has 148 valence electrons. The van der Waals surface area contributed by atoms with E-state index in [1.807, 2.05) is 39.8 Å². The van der Waals surface area contributed by atoms with Gasteiger partial charge in [0.25, 0.3) is 10.0 Å². The molecule has 2 rings (SSSR count). The van der Waals surface area contributed by atoms with Crippen molar-refractivity contribution in [2.45, 2.75) is 64.2 Å². The van der Waals surface area contributed by atoms with Gasteiger partial charge in [-0.1, -0.05) is 76.9 Å². The molecule has 0 amide bonds. The van der Waals surface area contributed by atoms with E-state index in [0.29, 0.717) is 26.5 Å². The Morgan fingerprint density at radius 1 is 0.741 bits per heavy atom. The van der Waals surface area contributed by atoms with Crippen molar-refractivity contribution in [3.63, 3.8) is 0 Å². The van der Waals surface area contributed by atoms with Crippen LogP contribution in [0.3, 0.4) is 0 Å². The quantitative estimate of drug-likeness (QED) is 0.530. The fourth-order valence-electron chi connectivity index (χ4n) is 3.02. The zero-order valence-electron chi connectivity index (χ0n) is 16.6. The predicted octanol–water partition coefficient (Wildman–Crippen LogP) is 7.16. The number of hydrogen-bond donors (Lipinski definition) is 1. The van der Waals surface area contributed by atoms with Crippen LogP contribution in [0, 0.1) is 0 Å². The molecule has 0 saturated heterocycles. The first kappa shape index (κ1) is 22.1. The smallest absolute Gasteiger partial charge is 0.262 e. The summed E-state index contributed by atoms with van der Waals surface area (Å²) in [4.78, 5) is 0.355. The molecule has 0 aliphatic carbocycles. The van der Waals surface area contributed by atoms with Gasteiger partial charge in [-0.2, -0.15) is 0 Å². The number of hydrogen-bond acceptors (Lipinski definition) is 2. The molecule has 2 aromatic rings. The molecule has 0 heterocycles. The van der Waals surface area contributed by atoms with Crippen molar-refractivity contribution in [3.05, 3.63) is 57.1 Å². The standard InChI is InChI=1S/C21H27Cl2NO2S/c1-12(2)15-7-19(13(3)4)21(20(8-15)14(5)6)27(25,26)24-18-10-16(22)9-17(23)11-18/h7-14,24H,1-6H3. The molecule has 27 heavy (non-hydrogen) atoms. The van der Waals surface area contributed by atoms with Crippen molar-refractivity contribution >= 4 is 38.9 Å². The Balaban J connectivity index is 2.70. The van der Waals surface area contributed by atoms with Gasteiger partial charge in [-0.05, 0) is 52.6 Å². The maximum absolute atomic E-state index is 13.4. The SMILES string of the molecule is CC(C)c1cc(C(C)C)c(S(=O)(=O)Nc2cc(Cl)cc(Cl)c2)c(C(C)C)c1. The van der Waals surface area contributed by atoms with Crippen LogP contribution in [0.2, 0.25) is 10.0 Å². The van der Waals surface area contributed by atoms with Crippen LogP contribution in [0.15, 0.2) is 35.2 Å². The van der Waals surface area contributed by atoms with Gasteiger partial charge in [0, 0.05) is 10.0 Å². The maximum atomic E-state index is 13.4. The number of nitrogens with one attached hydrogen (secondary N) is 1. The first-order valence-electron chi connectivity index (χ1n) is 9.09. The fourth-order valence-corrected chi connectivity index (χ4v) is 5.28. The monoisotopic (exact) mass is 427 g/mol. The summed E-state index contributed by atoms with van der Waals surface area (Å²) >= 11 is 12.0. The van der Waals surface area contributed by atoms with Crippen LogP contribution < -0.4 is 4.72 Å². The molecule has 0 unspecified atom stereocenters. The van der Waals surface area contributed by atoms with Gasteiger partial charge < -0.3 is 0 Å². The number of sulfonamides is 1. The lowest BCUT2D eigenvalue weighted by Crippen LogP contribution is -2.19. The van der Waals surface area contributed by atoms with Gasteiger partial charge in [0.2, 0.25) is 0 Å². The van der Waals surface area contributed by atoms with E-state index in [9.17, 15) is 8.42 Å². The molecular weight excluding hydrogens is 401 g/mol. The highest BCUT2D eigenvalue weighted by molar-refractivity contribution is 7.92. The normalized spacial score (nSPS) is 12.3. The van der Waals surface area contributed by atoms with E-state index >= 15 is 0 Å². The van der Waals surface area contributed by atoms with Gasteiger partial charge in [0.05, 0.1) is 10.6 Å². The fraction of sp³-hybridized carbons (Fsp3) is 0.429. The highest BCUT2D eigenvalue weighted by atomic mass is 35.5. The summed E-state index contributed by atoms with van der Waals surface area (Å²) in [6.45, 7) is 12.3. The van der Waals surface area contributed by atoms with Crippen molar-refractivity contribution in [3.8, 4) is 0 Å². The number of anilines is 1. The van der Waals surface area contributed by atoms with E-state index in [1.165, 1.54) is 0 Å². The van der Waals surface area contributed by atoms with Crippen molar-refractivity contribution in [2.75, 3.05) is 4.72 Å². The topological polar surface area (TPSA) is 46.2 Å². The zero-order chi connectivity index (χ0) is 20.5. The summed E-state index contributed by atoms with van der Waals surface area (Å²) in [6.07, 6.45) is 0. The van der Waals surface area contributed by atoms with Crippen LogP contribution in [0.25, 0.3) is 0 Å². The summed E-state index contributed by atoms with van der Waals surface area (Å²) in [5.74, 6) is 0.447. The Kier molecular flexibility index (Phi) is 6.88. The largest absolute Gasteiger partial charge is 0.280 e. The minimum Gasteiger partial charge on any atom is -0.280 e. The van der Waals surface area contributed by atoms with E-state index < -0.39 is 10.0 Å². The van der Waals surface area contributed by atoms with Crippen molar-refractivity contribution in [1.29, 1.82) is 0 Å². The van der Waals surface area contributed by atoms with E-state index in [0.717, 1.165) is 16.7 Å². The van der Waals surface area contributed by atoms with E-state index in [2.05, 4.69) is 18.6 Å². The van der Waals surface area contributed by atoms with Crippen molar-refractivity contribution in [1.82, 2.24) is 0 Å². The maximum Gasteiger partial charge on any atom is 0.262 e. The third-order valence-corrected chi connectivity index (χ3v) is 6.41. The second-order valence-corrected chi connectivity index (χ2v) is 10.2. The van der Waals surface area contributed by atoms with Gasteiger partial charge >= 0.3 is 0 Å². The first-order valence-corrected chi connectivity index (χ1v) is 11.3. The molecule has 0 radical (unpaired) electrons. The van der Waals surface area contributed by atoms with Gasteiger partial charge in [-0.3, -0.25) is 4.72 Å². The van der Waals surface area contributed by atoms with Crippen LogP contribution in [0.1, 0.15) is 76.0 Å². The van der Waals surface area contributed by atoms with E-state index in [4.69, 9.17) is 23.2 Å². The number of rotatable bonds is 6. The molecule has 0 saturated carbocycles. The molecule has 2 aromatic carbocycles. The van der Waals surface area contributed by atoms with Gasteiger partial charge in [-0.25, -0.2) is 8.42 Å². The zero-order valence-corrected chi connectivity index (χ0v) is 18.9. The van der Waals surface area contributed by atoms with Crippen LogP contribution in [-0.4, -0.2) is 8.42 Å². The third kappa shape index (κ3) is 5.18. The van der Waals surface area contributed by atoms with Crippen LogP contribution >= 0.6 is 23.2 Å². The van der Waals surface area contributed by atoms with E-state index in [1.54, 1.807) is 18.2 Å². The van der Waals surface area contributed by atoms with Crippen molar-refractivity contribution < 1.29 is 8.42 Å². The molecule has 3 nitrogen and oxygen atoms in total. The lowest BCUT2D eigenvalue weighted by Gasteiger charge is -2.23. The Bertz CT molecular complexity index is 886. The Hall–Kier alpha value is -1.23. The second-order valence-electron chi connectivity index (χ2n) is 7.76. The summed E-state index contributed by atoms with van der Waals surface area (Å²) < 4.78 is 29.4. The molecule has 0 aliphatic heterocycles. The third-order valence-electron chi connectivity index (χ3n) is 4.46. The summed E-state index contributed by atoms with van der Waals surface area (Å²) in [5.41, 5.74) is 3.15. The van der Waals surface area contributed by atoms with Crippen LogP contribution in [0.5, 0.6) is 0 Å². The van der Waals surface area contributed by atoms with Crippen molar-refractivity contribution in [2.24, 2.45) is 0 Å². The molecule has 6 heteroatoms. The second kappa shape index (κ2) is 8.42. The number of halogens is 2. The minimum absolute atomic E-state index is 0.0655. The molecule has 0 spiro atoms. The molecule has 0 aliphatic rings. The average molecular weight is 428 g/mol. The van der Waals surface area contributed by atoms with Gasteiger partial charge in [-0.15, -0.1) is 0 Å². The molecule has 0 atom stereocenters. The summed E-state index contributed by atoms with van der Waals surface area (Å²) in [5, 5.41) is 0.757. The van der Waals surface area contributed by atoms with Gasteiger partial charge in [0.15, 0.2) is 0 Å². The van der Waals surface area contributed by atoms with Crippen LogP contribution in [0.4, 0.5) is 5.69 Å². The molecule has 1 N–H and O–H groups in total. The van der Waals surface area contributed by atoms with Crippen LogP contribution in [-0.2, 0) is 10.0 Å². The molecule has 0 fully saturated rings. The minimum atomic E-state index is -3.81. The lowest BCUT2D eigenvalue weighted by molar-refractivity contribution is 0.595. The van der Waals surface area contributed by atoms with Gasteiger partial charge in [0.1, 0.15) is 0 Å². The van der Waals surface area contributed by atoms with E-state index in [-0.39, 0.29) is 11.8 Å². The lowest BCUT2D eigenvalue weighted by atomic mass is 9.89. The average Bonchev–Trinajstić information content (AvgIpc) is 2.51. The Labute approximate surface area is 173 Å². The Morgan fingerprint density at radius 3 is 1.56 bits per heavy atom. The predicted molar refractivity (Wildman–Crippen MR) is 116 cm³/mol. The summed E-state index contributed by atoms with van der Waals surface area (Å²) in [7, 11) is -3.81. The highest BCUT2D eigenvalue weighted by Gasteiger charge is 2.27.